The number of aliphatic carboxylic acids is 1. The van der Waals surface area contributed by atoms with Crippen molar-refractivity contribution in [3.8, 4) is 0 Å². The van der Waals surface area contributed by atoms with E-state index < -0.39 is 5.97 Å². The Kier molecular flexibility index (Phi) is 2.87. The van der Waals surface area contributed by atoms with Crippen molar-refractivity contribution in [2.45, 2.75) is 37.5 Å². The van der Waals surface area contributed by atoms with Gasteiger partial charge in [0.05, 0.1) is 6.42 Å². The molecule has 0 bridgehead atoms. The summed E-state index contributed by atoms with van der Waals surface area (Å²) in [5.74, 6) is 0.0682. The Morgan fingerprint density at radius 2 is 2.13 bits per heavy atom. The standard InChI is InChI=1S/C11H13BrO3/c12-9-4-3-8(15-9)11(7-10(13)14)5-1-2-6-11/h3-4H,1-2,5-7H2,(H,13,14). The van der Waals surface area contributed by atoms with Gasteiger partial charge in [-0.3, -0.25) is 4.79 Å². The Bertz CT molecular complexity index is 364. The minimum absolute atomic E-state index is 0.174. The molecule has 1 heterocycles. The summed E-state index contributed by atoms with van der Waals surface area (Å²) in [7, 11) is 0. The smallest absolute Gasteiger partial charge is 0.304 e. The molecule has 1 aliphatic carbocycles. The van der Waals surface area contributed by atoms with Crippen molar-refractivity contribution in [1.29, 1.82) is 0 Å². The molecule has 1 aromatic heterocycles. The van der Waals surface area contributed by atoms with Crippen LogP contribution >= 0.6 is 15.9 Å². The van der Waals surface area contributed by atoms with Crippen LogP contribution in [0.5, 0.6) is 0 Å². The molecule has 0 aromatic carbocycles. The van der Waals surface area contributed by atoms with Crippen LogP contribution in [0.1, 0.15) is 37.9 Å². The highest BCUT2D eigenvalue weighted by atomic mass is 79.9. The van der Waals surface area contributed by atoms with Crippen molar-refractivity contribution in [1.82, 2.24) is 0 Å². The lowest BCUT2D eigenvalue weighted by Gasteiger charge is -2.24. The monoisotopic (exact) mass is 272 g/mol. The lowest BCUT2D eigenvalue weighted by molar-refractivity contribution is -0.138. The Hall–Kier alpha value is -0.770. The molecule has 1 aliphatic rings. The molecule has 82 valence electrons. The van der Waals surface area contributed by atoms with Gasteiger partial charge in [0.15, 0.2) is 4.67 Å². The molecule has 0 radical (unpaired) electrons. The van der Waals surface area contributed by atoms with Gasteiger partial charge in [0.1, 0.15) is 5.76 Å². The van der Waals surface area contributed by atoms with Crippen molar-refractivity contribution < 1.29 is 14.3 Å². The number of hydrogen-bond donors (Lipinski definition) is 1. The van der Waals surface area contributed by atoms with Crippen LogP contribution in [0.4, 0.5) is 0 Å². The third-order valence-electron chi connectivity index (χ3n) is 3.15. The Morgan fingerprint density at radius 3 is 2.60 bits per heavy atom. The first kappa shape index (κ1) is 10.7. The van der Waals surface area contributed by atoms with Crippen LogP contribution in [0.25, 0.3) is 0 Å². The predicted molar refractivity (Wildman–Crippen MR) is 58.8 cm³/mol. The second-order valence-corrected chi connectivity index (χ2v) is 4.94. The largest absolute Gasteiger partial charge is 0.481 e. The summed E-state index contributed by atoms with van der Waals surface area (Å²) in [6.07, 6.45) is 4.18. The third-order valence-corrected chi connectivity index (χ3v) is 3.57. The van der Waals surface area contributed by atoms with E-state index in [1.165, 1.54) is 0 Å². The predicted octanol–water partition coefficient (Wildman–Crippen LogP) is 3.33. The molecular formula is C11H13BrO3. The summed E-state index contributed by atoms with van der Waals surface area (Å²) in [5.41, 5.74) is -0.266. The van der Waals surface area contributed by atoms with Crippen LogP contribution in [0.15, 0.2) is 21.2 Å². The minimum atomic E-state index is -0.746. The average molecular weight is 273 g/mol. The maximum atomic E-state index is 10.9. The van der Waals surface area contributed by atoms with Crippen LogP contribution in [0, 0.1) is 0 Å². The van der Waals surface area contributed by atoms with Gasteiger partial charge in [0, 0.05) is 5.41 Å². The molecular weight excluding hydrogens is 260 g/mol. The number of halogens is 1. The number of hydrogen-bond acceptors (Lipinski definition) is 2. The van der Waals surface area contributed by atoms with E-state index in [9.17, 15) is 4.79 Å². The molecule has 0 saturated heterocycles. The Balaban J connectivity index is 2.29. The van der Waals surface area contributed by atoms with Gasteiger partial charge in [-0.2, -0.15) is 0 Å². The van der Waals surface area contributed by atoms with E-state index in [1.807, 2.05) is 12.1 Å². The Morgan fingerprint density at radius 1 is 1.47 bits per heavy atom. The van der Waals surface area contributed by atoms with E-state index in [1.54, 1.807) is 0 Å². The number of carboxylic acids is 1. The van der Waals surface area contributed by atoms with E-state index in [0.717, 1.165) is 31.4 Å². The highest BCUT2D eigenvalue weighted by molar-refractivity contribution is 9.10. The quantitative estimate of drug-likeness (QED) is 0.918. The fourth-order valence-electron chi connectivity index (χ4n) is 2.45. The molecule has 15 heavy (non-hydrogen) atoms. The molecule has 0 unspecified atom stereocenters. The first-order chi connectivity index (χ1) is 7.12. The number of furan rings is 1. The summed E-state index contributed by atoms with van der Waals surface area (Å²) in [5, 5.41) is 8.95. The molecule has 0 spiro atoms. The second kappa shape index (κ2) is 4.00. The van der Waals surface area contributed by atoms with Crippen molar-refractivity contribution in [3.63, 3.8) is 0 Å². The van der Waals surface area contributed by atoms with E-state index in [-0.39, 0.29) is 11.8 Å². The first-order valence-electron chi connectivity index (χ1n) is 5.10. The van der Waals surface area contributed by atoms with Gasteiger partial charge in [-0.25, -0.2) is 0 Å². The van der Waals surface area contributed by atoms with Gasteiger partial charge in [0.2, 0.25) is 0 Å². The summed E-state index contributed by atoms with van der Waals surface area (Å²) < 4.78 is 6.20. The summed E-state index contributed by atoms with van der Waals surface area (Å²) >= 11 is 3.26. The zero-order chi connectivity index (χ0) is 10.9. The van der Waals surface area contributed by atoms with Crippen LogP contribution in [-0.2, 0) is 10.2 Å². The molecule has 0 atom stereocenters. The minimum Gasteiger partial charge on any atom is -0.481 e. The van der Waals surface area contributed by atoms with Crippen LogP contribution in [0.2, 0.25) is 0 Å². The number of rotatable bonds is 3. The van der Waals surface area contributed by atoms with Crippen LogP contribution in [-0.4, -0.2) is 11.1 Å². The Labute approximate surface area is 96.6 Å². The van der Waals surface area contributed by atoms with Crippen LogP contribution in [0.3, 0.4) is 0 Å². The SMILES string of the molecule is O=C(O)CC1(c2ccc(Br)o2)CCCC1. The second-order valence-electron chi connectivity index (χ2n) is 4.16. The lowest BCUT2D eigenvalue weighted by Crippen LogP contribution is -2.25. The molecule has 1 saturated carbocycles. The molecule has 4 heteroatoms. The zero-order valence-electron chi connectivity index (χ0n) is 8.33. The summed E-state index contributed by atoms with van der Waals surface area (Å²) in [6.45, 7) is 0. The topological polar surface area (TPSA) is 50.4 Å². The number of carboxylic acid groups (broad SMARTS) is 1. The van der Waals surface area contributed by atoms with E-state index in [2.05, 4.69) is 15.9 Å². The maximum absolute atomic E-state index is 10.9. The van der Waals surface area contributed by atoms with Gasteiger partial charge < -0.3 is 9.52 Å². The third kappa shape index (κ3) is 2.09. The maximum Gasteiger partial charge on any atom is 0.304 e. The average Bonchev–Trinajstić information content (AvgIpc) is 2.73. The molecule has 2 rings (SSSR count). The summed E-state index contributed by atoms with van der Waals surface area (Å²) in [6, 6.07) is 3.72. The fraction of sp³-hybridized carbons (Fsp3) is 0.545. The van der Waals surface area contributed by atoms with Crippen molar-refractivity contribution in [2.75, 3.05) is 0 Å². The van der Waals surface area contributed by atoms with Crippen molar-refractivity contribution in [3.05, 3.63) is 22.6 Å². The van der Waals surface area contributed by atoms with E-state index in [4.69, 9.17) is 9.52 Å². The first-order valence-corrected chi connectivity index (χ1v) is 5.89. The van der Waals surface area contributed by atoms with Gasteiger partial charge in [0.25, 0.3) is 0 Å². The van der Waals surface area contributed by atoms with Gasteiger partial charge in [-0.15, -0.1) is 0 Å². The summed E-state index contributed by atoms with van der Waals surface area (Å²) in [4.78, 5) is 10.9. The lowest BCUT2D eigenvalue weighted by atomic mass is 9.80. The highest BCUT2D eigenvalue weighted by Crippen LogP contribution is 2.44. The highest BCUT2D eigenvalue weighted by Gasteiger charge is 2.40. The van der Waals surface area contributed by atoms with E-state index >= 15 is 0 Å². The normalized spacial score (nSPS) is 19.3. The van der Waals surface area contributed by atoms with Crippen molar-refractivity contribution in [2.24, 2.45) is 0 Å². The molecule has 1 fully saturated rings. The molecule has 0 amide bonds. The zero-order valence-corrected chi connectivity index (χ0v) is 9.92. The van der Waals surface area contributed by atoms with Gasteiger partial charge in [-0.1, -0.05) is 12.8 Å². The van der Waals surface area contributed by atoms with Gasteiger partial charge in [-0.05, 0) is 40.9 Å². The fourth-order valence-corrected chi connectivity index (χ4v) is 2.76. The molecule has 3 nitrogen and oxygen atoms in total. The van der Waals surface area contributed by atoms with Crippen molar-refractivity contribution >= 4 is 21.9 Å². The molecule has 0 aliphatic heterocycles. The molecule has 1 N–H and O–H groups in total. The number of carbonyl (C=O) groups is 1. The van der Waals surface area contributed by atoms with Crippen LogP contribution < -0.4 is 0 Å². The van der Waals surface area contributed by atoms with E-state index in [0.29, 0.717) is 4.67 Å². The molecule has 1 aromatic rings. The van der Waals surface area contributed by atoms with Gasteiger partial charge >= 0.3 is 5.97 Å².